The smallest absolute Gasteiger partial charge is 0.407 e. The third-order valence-corrected chi connectivity index (χ3v) is 8.11. The van der Waals surface area contributed by atoms with E-state index in [1.54, 1.807) is 13.8 Å². The molecule has 0 saturated heterocycles. The van der Waals surface area contributed by atoms with E-state index in [-0.39, 0.29) is 25.7 Å². The van der Waals surface area contributed by atoms with Crippen LogP contribution in [0.3, 0.4) is 0 Å². The van der Waals surface area contributed by atoms with Crippen LogP contribution in [0.15, 0.2) is 109 Å². The molecule has 4 atom stereocenters. The Labute approximate surface area is 268 Å². The van der Waals surface area contributed by atoms with Crippen molar-refractivity contribution < 1.29 is 33.7 Å². The van der Waals surface area contributed by atoms with Gasteiger partial charge in [-0.3, -0.25) is 4.79 Å². The van der Waals surface area contributed by atoms with Gasteiger partial charge in [0.25, 0.3) is 0 Å². The second-order valence-electron chi connectivity index (χ2n) is 11.3. The number of fused-ring (bicyclic) bond motifs is 3. The molecule has 9 nitrogen and oxygen atoms in total. The highest BCUT2D eigenvalue weighted by Gasteiger charge is 2.35. The molecule has 2 unspecified atom stereocenters. The zero-order valence-electron chi connectivity index (χ0n) is 25.8. The largest absolute Gasteiger partial charge is 0.480 e. The van der Waals surface area contributed by atoms with Crippen molar-refractivity contribution in [3.05, 3.63) is 131 Å². The second kappa shape index (κ2) is 15.3. The Bertz CT molecular complexity index is 1580. The first-order chi connectivity index (χ1) is 22.3. The van der Waals surface area contributed by atoms with E-state index >= 15 is 0 Å². The fourth-order valence-electron chi connectivity index (χ4n) is 5.58. The normalized spacial score (nSPS) is 14.7. The first-order valence-electron chi connectivity index (χ1n) is 15.3. The lowest BCUT2D eigenvalue weighted by molar-refractivity contribution is -0.147. The molecule has 3 N–H and O–H groups in total. The Morgan fingerprint density at radius 3 is 1.61 bits per heavy atom. The van der Waals surface area contributed by atoms with Gasteiger partial charge < -0.3 is 30.0 Å². The molecule has 2 amide bonds. The summed E-state index contributed by atoms with van der Waals surface area (Å²) in [5, 5.41) is 15.2. The van der Waals surface area contributed by atoms with Crippen molar-refractivity contribution in [2.45, 2.75) is 57.3 Å². The molecule has 5 rings (SSSR count). The number of rotatable bonds is 14. The Hall–Kier alpha value is -4.99. The topological polar surface area (TPSA) is 123 Å². The van der Waals surface area contributed by atoms with Gasteiger partial charge in [0.15, 0.2) is 6.04 Å². The summed E-state index contributed by atoms with van der Waals surface area (Å²) in [6.45, 7) is 3.61. The van der Waals surface area contributed by atoms with Gasteiger partial charge in [0.05, 0.1) is 25.4 Å². The van der Waals surface area contributed by atoms with Gasteiger partial charge >= 0.3 is 12.1 Å². The lowest BCUT2D eigenvalue weighted by atomic mass is 9.98. The molecule has 0 saturated carbocycles. The van der Waals surface area contributed by atoms with Crippen molar-refractivity contribution in [2.75, 3.05) is 6.61 Å². The molecule has 0 heterocycles. The zero-order chi connectivity index (χ0) is 32.5. The van der Waals surface area contributed by atoms with Crippen molar-refractivity contribution >= 4 is 18.0 Å². The molecule has 0 radical (unpaired) electrons. The van der Waals surface area contributed by atoms with Gasteiger partial charge in [-0.2, -0.15) is 0 Å². The van der Waals surface area contributed by atoms with Gasteiger partial charge in [0.1, 0.15) is 12.6 Å². The second-order valence-corrected chi connectivity index (χ2v) is 11.3. The zero-order valence-corrected chi connectivity index (χ0v) is 25.8. The van der Waals surface area contributed by atoms with Gasteiger partial charge in [-0.1, -0.05) is 109 Å². The van der Waals surface area contributed by atoms with E-state index in [9.17, 15) is 19.5 Å². The molecule has 4 aromatic rings. The van der Waals surface area contributed by atoms with E-state index in [0.29, 0.717) is 0 Å². The van der Waals surface area contributed by atoms with Crippen LogP contribution in [-0.4, -0.2) is 54.0 Å². The maximum atomic E-state index is 13.6. The fraction of sp³-hybridized carbons (Fsp3) is 0.270. The summed E-state index contributed by atoms with van der Waals surface area (Å²) in [6, 6.07) is 32.0. The average molecular weight is 623 g/mol. The number of carboxylic acid groups (broad SMARTS) is 1. The molecule has 0 spiro atoms. The predicted octanol–water partition coefficient (Wildman–Crippen LogP) is 5.67. The van der Waals surface area contributed by atoms with Gasteiger partial charge in [0.2, 0.25) is 5.91 Å². The maximum Gasteiger partial charge on any atom is 0.407 e. The van der Waals surface area contributed by atoms with Crippen molar-refractivity contribution in [1.82, 2.24) is 10.6 Å². The Morgan fingerprint density at radius 2 is 1.11 bits per heavy atom. The quantitative estimate of drug-likeness (QED) is 0.166. The molecular weight excluding hydrogens is 584 g/mol. The van der Waals surface area contributed by atoms with E-state index in [4.69, 9.17) is 14.2 Å². The number of hydrogen-bond donors (Lipinski definition) is 3. The first kappa shape index (κ1) is 32.4. The minimum Gasteiger partial charge on any atom is -0.480 e. The first-order valence-corrected chi connectivity index (χ1v) is 15.3. The van der Waals surface area contributed by atoms with E-state index in [2.05, 4.69) is 10.6 Å². The number of alkyl carbamates (subject to hydrolysis) is 1. The van der Waals surface area contributed by atoms with Gasteiger partial charge in [-0.25, -0.2) is 9.59 Å². The number of hydrogen-bond acceptors (Lipinski definition) is 6. The van der Waals surface area contributed by atoms with Gasteiger partial charge in [-0.15, -0.1) is 0 Å². The summed E-state index contributed by atoms with van der Waals surface area (Å²) in [5.74, 6) is -2.18. The van der Waals surface area contributed by atoms with E-state index in [1.165, 1.54) is 0 Å². The summed E-state index contributed by atoms with van der Waals surface area (Å²) >= 11 is 0. The molecule has 1 aliphatic rings. The molecule has 4 aromatic carbocycles. The van der Waals surface area contributed by atoms with Crippen LogP contribution in [0.5, 0.6) is 0 Å². The number of carboxylic acids is 1. The van der Waals surface area contributed by atoms with Crippen molar-refractivity contribution in [3.63, 3.8) is 0 Å². The number of ether oxygens (including phenoxy) is 3. The summed E-state index contributed by atoms with van der Waals surface area (Å²) < 4.78 is 17.5. The third-order valence-electron chi connectivity index (χ3n) is 8.11. The summed E-state index contributed by atoms with van der Waals surface area (Å²) in [5.41, 5.74) is 6.04. The summed E-state index contributed by atoms with van der Waals surface area (Å²) in [7, 11) is 0. The number of carbonyl (C=O) groups excluding carboxylic acids is 2. The minimum atomic E-state index is -1.38. The standard InChI is InChI=1S/C37H38N2O7/c1-24(44-21-26-13-5-3-6-14-26)33(35(40)38-34(36(41)42)25(2)45-22-27-15-7-4-8-16-27)39-37(43)46-23-32-30-19-11-9-17-28(30)29-18-10-12-20-31(29)32/h3-20,24-25,32-34H,21-23H2,1-2H3,(H,38,40)(H,39,43)(H,41,42)/t24?,25-,33?,34+/m0/s1. The van der Waals surface area contributed by atoms with E-state index < -0.39 is 42.3 Å². The van der Waals surface area contributed by atoms with Crippen LogP contribution in [0, 0.1) is 0 Å². The van der Waals surface area contributed by atoms with Crippen molar-refractivity contribution in [1.29, 1.82) is 0 Å². The highest BCUT2D eigenvalue weighted by molar-refractivity contribution is 5.90. The van der Waals surface area contributed by atoms with Crippen LogP contribution in [0.2, 0.25) is 0 Å². The molecular formula is C37H38N2O7. The number of nitrogens with one attached hydrogen (secondary N) is 2. The molecule has 1 aliphatic carbocycles. The number of benzene rings is 4. The average Bonchev–Trinajstić information content (AvgIpc) is 3.40. The van der Waals surface area contributed by atoms with E-state index in [1.807, 2.05) is 109 Å². The monoisotopic (exact) mass is 622 g/mol. The lowest BCUT2D eigenvalue weighted by Gasteiger charge is -2.28. The minimum absolute atomic E-state index is 0.0512. The van der Waals surface area contributed by atoms with Crippen molar-refractivity contribution in [2.24, 2.45) is 0 Å². The molecule has 0 fully saturated rings. The lowest BCUT2D eigenvalue weighted by Crippen LogP contribution is -2.58. The summed E-state index contributed by atoms with van der Waals surface area (Å²) in [6.07, 6.45) is -2.54. The van der Waals surface area contributed by atoms with E-state index in [0.717, 1.165) is 33.4 Å². The van der Waals surface area contributed by atoms with Crippen LogP contribution in [0.25, 0.3) is 11.1 Å². The number of aliphatic carboxylic acids is 1. The van der Waals surface area contributed by atoms with Crippen LogP contribution in [-0.2, 0) is 37.0 Å². The Kier molecular flexibility index (Phi) is 10.8. The van der Waals surface area contributed by atoms with Crippen LogP contribution in [0.1, 0.15) is 42.0 Å². The maximum absolute atomic E-state index is 13.6. The molecule has 46 heavy (non-hydrogen) atoms. The number of carbonyl (C=O) groups is 3. The van der Waals surface area contributed by atoms with Crippen LogP contribution in [0.4, 0.5) is 4.79 Å². The van der Waals surface area contributed by atoms with Crippen LogP contribution < -0.4 is 10.6 Å². The number of amides is 2. The summed E-state index contributed by atoms with van der Waals surface area (Å²) in [4.78, 5) is 39.1. The Morgan fingerprint density at radius 1 is 0.652 bits per heavy atom. The Balaban J connectivity index is 1.27. The highest BCUT2D eigenvalue weighted by Crippen LogP contribution is 2.44. The van der Waals surface area contributed by atoms with Gasteiger partial charge in [-0.05, 0) is 47.2 Å². The molecule has 0 aliphatic heterocycles. The van der Waals surface area contributed by atoms with Crippen molar-refractivity contribution in [3.8, 4) is 11.1 Å². The van der Waals surface area contributed by atoms with Gasteiger partial charge in [0, 0.05) is 5.92 Å². The molecule has 238 valence electrons. The third kappa shape index (κ3) is 7.99. The highest BCUT2D eigenvalue weighted by atomic mass is 16.5. The molecule has 0 aromatic heterocycles. The van der Waals surface area contributed by atoms with Crippen LogP contribution >= 0.6 is 0 Å². The molecule has 0 bridgehead atoms. The predicted molar refractivity (Wildman–Crippen MR) is 173 cm³/mol. The molecule has 9 heteroatoms. The fourth-order valence-corrected chi connectivity index (χ4v) is 5.58. The SMILES string of the molecule is CC(OCc1ccccc1)C(NC(=O)OCC1c2ccccc2-c2ccccc21)C(=O)N[C@@H](C(=O)O)[C@H](C)OCc1ccccc1.